The van der Waals surface area contributed by atoms with E-state index in [2.05, 4.69) is 39.6 Å². The van der Waals surface area contributed by atoms with Crippen LogP contribution in [0.4, 0.5) is 0 Å². The Balaban J connectivity index is 1.76. The first-order valence-electron chi connectivity index (χ1n) is 6.61. The molecule has 0 amide bonds. The first-order valence-corrected chi connectivity index (χ1v) is 6.98. The van der Waals surface area contributed by atoms with Crippen molar-refractivity contribution in [3.63, 3.8) is 0 Å². The van der Waals surface area contributed by atoms with Gasteiger partial charge in [-0.2, -0.15) is 5.10 Å². The van der Waals surface area contributed by atoms with Crippen LogP contribution in [0, 0.1) is 5.92 Å². The van der Waals surface area contributed by atoms with Crippen molar-refractivity contribution in [1.29, 1.82) is 0 Å². The van der Waals surface area contributed by atoms with Crippen molar-refractivity contribution in [2.24, 2.45) is 5.92 Å². The fourth-order valence-electron chi connectivity index (χ4n) is 2.38. The maximum absolute atomic E-state index is 5.95. The van der Waals surface area contributed by atoms with E-state index in [-0.39, 0.29) is 6.04 Å². The summed E-state index contributed by atoms with van der Waals surface area (Å²) >= 11 is 5.95. The van der Waals surface area contributed by atoms with Crippen LogP contribution in [-0.4, -0.2) is 15.2 Å². The second-order valence-electron chi connectivity index (χ2n) is 5.13. The molecule has 0 radical (unpaired) electrons. The minimum Gasteiger partial charge on any atom is -0.300 e. The van der Waals surface area contributed by atoms with Gasteiger partial charge in [0.15, 0.2) is 0 Å². The van der Waals surface area contributed by atoms with Gasteiger partial charge in [0.25, 0.3) is 0 Å². The lowest BCUT2D eigenvalue weighted by atomic mass is 10.0. The standard InChI is InChI=1S/C14H17ClN4/c1-9(14-16-8-17-19-14)18-13(10-2-3-10)11-4-6-12(15)7-5-11/h4-10,13,18H,2-3H2,1H3,(H,16,17,19). The molecule has 19 heavy (non-hydrogen) atoms. The summed E-state index contributed by atoms with van der Waals surface area (Å²) in [6, 6.07) is 8.62. The minimum atomic E-state index is 0.156. The van der Waals surface area contributed by atoms with Crippen LogP contribution in [-0.2, 0) is 0 Å². The summed E-state index contributed by atoms with van der Waals surface area (Å²) < 4.78 is 0. The fourth-order valence-corrected chi connectivity index (χ4v) is 2.50. The number of nitrogens with one attached hydrogen (secondary N) is 2. The molecule has 2 unspecified atom stereocenters. The Morgan fingerprint density at radius 2 is 2.05 bits per heavy atom. The molecule has 1 aromatic heterocycles. The molecule has 2 atom stereocenters. The number of hydrogen-bond donors (Lipinski definition) is 2. The van der Waals surface area contributed by atoms with Crippen molar-refractivity contribution >= 4 is 11.6 Å². The van der Waals surface area contributed by atoms with Crippen LogP contribution in [0.15, 0.2) is 30.6 Å². The SMILES string of the molecule is CC(NC(c1ccc(Cl)cc1)C1CC1)c1ncn[nH]1. The zero-order chi connectivity index (χ0) is 13.2. The van der Waals surface area contributed by atoms with Crippen molar-refractivity contribution in [3.8, 4) is 0 Å². The van der Waals surface area contributed by atoms with E-state index in [0.29, 0.717) is 12.0 Å². The van der Waals surface area contributed by atoms with Gasteiger partial charge in [-0.15, -0.1) is 0 Å². The Morgan fingerprint density at radius 1 is 1.32 bits per heavy atom. The van der Waals surface area contributed by atoms with Crippen molar-refractivity contribution < 1.29 is 0 Å². The predicted octanol–water partition coefficient (Wildman–Crippen LogP) is 3.26. The summed E-state index contributed by atoms with van der Waals surface area (Å²) in [4.78, 5) is 4.21. The molecule has 1 aliphatic carbocycles. The van der Waals surface area contributed by atoms with E-state index >= 15 is 0 Å². The lowest BCUT2D eigenvalue weighted by Crippen LogP contribution is -2.27. The van der Waals surface area contributed by atoms with E-state index < -0.39 is 0 Å². The third-order valence-electron chi connectivity index (χ3n) is 3.60. The fraction of sp³-hybridized carbons (Fsp3) is 0.429. The van der Waals surface area contributed by atoms with Crippen LogP contribution in [0.25, 0.3) is 0 Å². The molecule has 2 N–H and O–H groups in total. The average Bonchev–Trinajstić information content (AvgIpc) is 3.10. The zero-order valence-electron chi connectivity index (χ0n) is 10.8. The molecule has 100 valence electrons. The number of rotatable bonds is 5. The molecular weight excluding hydrogens is 260 g/mol. The largest absolute Gasteiger partial charge is 0.300 e. The van der Waals surface area contributed by atoms with Gasteiger partial charge in [-0.05, 0) is 43.4 Å². The van der Waals surface area contributed by atoms with E-state index in [0.717, 1.165) is 10.8 Å². The Morgan fingerprint density at radius 3 is 2.63 bits per heavy atom. The van der Waals surface area contributed by atoms with E-state index in [9.17, 15) is 0 Å². The number of H-pyrrole nitrogens is 1. The van der Waals surface area contributed by atoms with Crippen LogP contribution >= 0.6 is 11.6 Å². The highest BCUT2D eigenvalue weighted by molar-refractivity contribution is 6.30. The second-order valence-corrected chi connectivity index (χ2v) is 5.56. The van der Waals surface area contributed by atoms with Crippen molar-refractivity contribution in [2.75, 3.05) is 0 Å². The number of aromatic amines is 1. The molecule has 5 heteroatoms. The Bertz CT molecular complexity index is 519. The van der Waals surface area contributed by atoms with Gasteiger partial charge in [0, 0.05) is 11.1 Å². The number of hydrogen-bond acceptors (Lipinski definition) is 3. The van der Waals surface area contributed by atoms with Crippen LogP contribution in [0.5, 0.6) is 0 Å². The smallest absolute Gasteiger partial charge is 0.141 e. The highest BCUT2D eigenvalue weighted by Gasteiger charge is 2.33. The first-order chi connectivity index (χ1) is 9.24. The Hall–Kier alpha value is -1.39. The highest BCUT2D eigenvalue weighted by Crippen LogP contribution is 2.42. The number of benzene rings is 1. The number of halogens is 1. The van der Waals surface area contributed by atoms with E-state index in [1.807, 2.05) is 12.1 Å². The highest BCUT2D eigenvalue weighted by atomic mass is 35.5. The summed E-state index contributed by atoms with van der Waals surface area (Å²) in [5, 5.41) is 11.2. The van der Waals surface area contributed by atoms with Crippen molar-refractivity contribution in [1.82, 2.24) is 20.5 Å². The molecule has 0 spiro atoms. The monoisotopic (exact) mass is 276 g/mol. The van der Waals surface area contributed by atoms with Gasteiger partial charge in [0.1, 0.15) is 12.2 Å². The first kappa shape index (κ1) is 12.6. The molecule has 1 heterocycles. The maximum atomic E-state index is 5.95. The van der Waals surface area contributed by atoms with Crippen LogP contribution in [0.2, 0.25) is 5.02 Å². The lowest BCUT2D eigenvalue weighted by molar-refractivity contribution is 0.417. The normalized spacial score (nSPS) is 18.2. The topological polar surface area (TPSA) is 53.6 Å². The zero-order valence-corrected chi connectivity index (χ0v) is 11.6. The van der Waals surface area contributed by atoms with E-state index in [4.69, 9.17) is 11.6 Å². The van der Waals surface area contributed by atoms with Gasteiger partial charge in [0.05, 0.1) is 6.04 Å². The van der Waals surface area contributed by atoms with Crippen LogP contribution < -0.4 is 5.32 Å². The summed E-state index contributed by atoms with van der Waals surface area (Å²) in [6.07, 6.45) is 4.11. The van der Waals surface area contributed by atoms with E-state index in [1.165, 1.54) is 18.4 Å². The van der Waals surface area contributed by atoms with Gasteiger partial charge in [0.2, 0.25) is 0 Å². The summed E-state index contributed by atoms with van der Waals surface area (Å²) in [6.45, 7) is 2.10. The summed E-state index contributed by atoms with van der Waals surface area (Å²) in [7, 11) is 0. The van der Waals surface area contributed by atoms with Crippen molar-refractivity contribution in [2.45, 2.75) is 31.8 Å². The van der Waals surface area contributed by atoms with Gasteiger partial charge in [-0.3, -0.25) is 5.10 Å². The molecule has 3 rings (SSSR count). The molecular formula is C14H17ClN4. The lowest BCUT2D eigenvalue weighted by Gasteiger charge is -2.22. The predicted molar refractivity (Wildman–Crippen MR) is 74.9 cm³/mol. The molecule has 1 fully saturated rings. The quantitative estimate of drug-likeness (QED) is 0.881. The average molecular weight is 277 g/mol. The molecule has 1 aromatic carbocycles. The van der Waals surface area contributed by atoms with Crippen LogP contribution in [0.3, 0.4) is 0 Å². The summed E-state index contributed by atoms with van der Waals surface area (Å²) in [5.74, 6) is 1.59. The maximum Gasteiger partial charge on any atom is 0.141 e. The third-order valence-corrected chi connectivity index (χ3v) is 3.85. The van der Waals surface area contributed by atoms with E-state index in [1.54, 1.807) is 6.33 Å². The second kappa shape index (κ2) is 5.31. The molecule has 0 bridgehead atoms. The van der Waals surface area contributed by atoms with Gasteiger partial charge >= 0.3 is 0 Å². The Kier molecular flexibility index (Phi) is 3.53. The molecule has 1 saturated carbocycles. The summed E-state index contributed by atoms with van der Waals surface area (Å²) in [5.41, 5.74) is 1.29. The third kappa shape index (κ3) is 2.96. The molecule has 2 aromatic rings. The molecule has 4 nitrogen and oxygen atoms in total. The van der Waals surface area contributed by atoms with Gasteiger partial charge in [-0.1, -0.05) is 23.7 Å². The number of nitrogens with zero attached hydrogens (tertiary/aromatic N) is 2. The minimum absolute atomic E-state index is 0.156. The molecule has 1 aliphatic rings. The Labute approximate surface area is 117 Å². The molecule has 0 saturated heterocycles. The van der Waals surface area contributed by atoms with Gasteiger partial charge in [-0.25, -0.2) is 4.98 Å². The van der Waals surface area contributed by atoms with Crippen LogP contribution in [0.1, 0.15) is 43.2 Å². The number of aromatic nitrogens is 3. The van der Waals surface area contributed by atoms with Crippen molar-refractivity contribution in [3.05, 3.63) is 47.0 Å². The molecule has 0 aliphatic heterocycles. The van der Waals surface area contributed by atoms with Gasteiger partial charge < -0.3 is 5.32 Å².